The third-order valence-corrected chi connectivity index (χ3v) is 5.22. The predicted molar refractivity (Wildman–Crippen MR) is 117 cm³/mol. The van der Waals surface area contributed by atoms with Crippen LogP contribution in [0, 0.1) is 6.92 Å². The fourth-order valence-corrected chi connectivity index (χ4v) is 3.64. The molecule has 1 N–H and O–H groups in total. The van der Waals surface area contributed by atoms with Gasteiger partial charge in [0.05, 0.1) is 29.8 Å². The van der Waals surface area contributed by atoms with Gasteiger partial charge in [0.15, 0.2) is 23.3 Å². The highest BCUT2D eigenvalue weighted by atomic mass is 35.5. The zero-order valence-corrected chi connectivity index (χ0v) is 18.1. The van der Waals surface area contributed by atoms with Crippen molar-refractivity contribution >= 4 is 52.2 Å². The van der Waals surface area contributed by atoms with Gasteiger partial charge in [-0.25, -0.2) is 9.79 Å². The molecule has 30 heavy (non-hydrogen) atoms. The fourth-order valence-electron chi connectivity index (χ4n) is 2.52. The zero-order valence-electron chi connectivity index (χ0n) is 16.5. The lowest BCUT2D eigenvalue weighted by atomic mass is 10.2. The number of halogens is 1. The van der Waals surface area contributed by atoms with Crippen molar-refractivity contribution in [3.05, 3.63) is 57.5 Å². The van der Waals surface area contributed by atoms with Crippen LogP contribution in [-0.4, -0.2) is 37.9 Å². The monoisotopic (exact) mass is 446 g/mol. The Balaban J connectivity index is 1.82. The van der Waals surface area contributed by atoms with Crippen molar-refractivity contribution in [3.8, 4) is 11.5 Å². The lowest BCUT2D eigenvalue weighted by Gasteiger charge is -2.12. The lowest BCUT2D eigenvalue weighted by Crippen LogP contribution is -2.19. The summed E-state index contributed by atoms with van der Waals surface area (Å²) < 4.78 is 15.3. The highest BCUT2D eigenvalue weighted by Crippen LogP contribution is 2.38. The zero-order chi connectivity index (χ0) is 21.7. The number of carbonyl (C=O) groups is 2. The van der Waals surface area contributed by atoms with Crippen LogP contribution in [0.15, 0.2) is 46.3 Å². The molecule has 7 nitrogen and oxygen atoms in total. The van der Waals surface area contributed by atoms with Crippen LogP contribution in [0.2, 0.25) is 5.02 Å². The number of hydrogen-bond acceptors (Lipinski definition) is 7. The Labute approximate surface area is 183 Å². The number of aryl methyl sites for hydroxylation is 1. The number of amides is 1. The molecule has 0 aliphatic carbocycles. The van der Waals surface area contributed by atoms with E-state index in [1.54, 1.807) is 18.2 Å². The van der Waals surface area contributed by atoms with Crippen LogP contribution in [0.1, 0.15) is 11.1 Å². The van der Waals surface area contributed by atoms with Crippen molar-refractivity contribution in [2.24, 2.45) is 4.99 Å². The molecule has 0 unspecified atom stereocenters. The fraction of sp³-hybridized carbons (Fsp3) is 0.190. The smallest absolute Gasteiger partial charge is 0.343 e. The van der Waals surface area contributed by atoms with E-state index in [-0.39, 0.29) is 23.3 Å². The molecule has 0 radical (unpaired) electrons. The predicted octanol–water partition coefficient (Wildman–Crippen LogP) is 4.10. The highest BCUT2D eigenvalue weighted by molar-refractivity contribution is 8.18. The standard InChI is InChI=1S/C21H19ClN2O5S/c1-12-4-6-14(7-5-12)23-21-24-20(26)17(30-21)10-13-8-15(22)19(16(9-13)27-2)29-11-18(25)28-3/h4-10H,11H2,1-3H3,(H,23,24,26)/b17-10+. The number of ether oxygens (including phenoxy) is 3. The van der Waals surface area contributed by atoms with E-state index in [2.05, 4.69) is 15.0 Å². The number of carbonyl (C=O) groups excluding carboxylic acids is 2. The van der Waals surface area contributed by atoms with E-state index in [4.69, 9.17) is 21.1 Å². The second-order valence-corrected chi connectivity index (χ2v) is 7.65. The number of aliphatic imine (C=N–C) groups is 1. The third kappa shape index (κ3) is 5.34. The molecule has 0 aromatic heterocycles. The summed E-state index contributed by atoms with van der Waals surface area (Å²) in [5.41, 5.74) is 2.52. The van der Waals surface area contributed by atoms with Crippen LogP contribution in [0.4, 0.5) is 5.69 Å². The SMILES string of the molecule is COC(=O)COc1c(Cl)cc(/C=C2/SC(=Nc3ccc(C)cc3)NC2=O)cc1OC. The van der Waals surface area contributed by atoms with Crippen LogP contribution in [-0.2, 0) is 14.3 Å². The van der Waals surface area contributed by atoms with Crippen LogP contribution in [0.5, 0.6) is 11.5 Å². The number of nitrogens with zero attached hydrogens (tertiary/aromatic N) is 1. The molecule has 2 aromatic carbocycles. The highest BCUT2D eigenvalue weighted by Gasteiger charge is 2.24. The summed E-state index contributed by atoms with van der Waals surface area (Å²) in [6.45, 7) is 1.69. The Hall–Kier alpha value is -2.97. The number of amidine groups is 1. The first-order chi connectivity index (χ1) is 14.4. The number of esters is 1. The summed E-state index contributed by atoms with van der Waals surface area (Å²) in [4.78, 5) is 28.5. The maximum atomic E-state index is 12.3. The van der Waals surface area contributed by atoms with Crippen LogP contribution >= 0.6 is 23.4 Å². The van der Waals surface area contributed by atoms with Crippen LogP contribution in [0.3, 0.4) is 0 Å². The van der Waals surface area contributed by atoms with Gasteiger partial charge >= 0.3 is 5.97 Å². The molecule has 0 saturated carbocycles. The summed E-state index contributed by atoms with van der Waals surface area (Å²) in [5, 5.41) is 3.48. The van der Waals surface area contributed by atoms with Crippen molar-refractivity contribution in [1.82, 2.24) is 5.32 Å². The van der Waals surface area contributed by atoms with Gasteiger partial charge in [0.2, 0.25) is 0 Å². The Morgan fingerprint density at radius 3 is 2.63 bits per heavy atom. The van der Waals surface area contributed by atoms with Gasteiger partial charge in [-0.1, -0.05) is 29.3 Å². The van der Waals surface area contributed by atoms with E-state index in [1.165, 1.54) is 26.0 Å². The van der Waals surface area contributed by atoms with E-state index in [0.29, 0.717) is 21.4 Å². The molecule has 1 aliphatic rings. The van der Waals surface area contributed by atoms with Gasteiger partial charge in [-0.3, -0.25) is 4.79 Å². The second-order valence-electron chi connectivity index (χ2n) is 6.22. The molecule has 1 heterocycles. The normalized spacial score (nSPS) is 15.9. The summed E-state index contributed by atoms with van der Waals surface area (Å²) in [6.07, 6.45) is 1.68. The Bertz CT molecular complexity index is 1030. The van der Waals surface area contributed by atoms with Gasteiger partial charge in [0.1, 0.15) is 0 Å². The minimum Gasteiger partial charge on any atom is -0.493 e. The molecular formula is C21H19ClN2O5S. The van der Waals surface area contributed by atoms with Crippen molar-refractivity contribution in [3.63, 3.8) is 0 Å². The van der Waals surface area contributed by atoms with E-state index in [9.17, 15) is 9.59 Å². The first-order valence-corrected chi connectivity index (χ1v) is 10.0. The maximum Gasteiger partial charge on any atom is 0.343 e. The van der Waals surface area contributed by atoms with Gasteiger partial charge in [0, 0.05) is 0 Å². The molecule has 2 aromatic rings. The summed E-state index contributed by atoms with van der Waals surface area (Å²) in [7, 11) is 2.72. The summed E-state index contributed by atoms with van der Waals surface area (Å²) in [5.74, 6) is -0.252. The summed E-state index contributed by atoms with van der Waals surface area (Å²) >= 11 is 7.52. The van der Waals surface area contributed by atoms with Crippen LogP contribution in [0.25, 0.3) is 6.08 Å². The van der Waals surface area contributed by atoms with Crippen molar-refractivity contribution in [2.45, 2.75) is 6.92 Å². The first kappa shape index (κ1) is 21.7. The minimum absolute atomic E-state index is 0.219. The van der Waals surface area contributed by atoms with Crippen molar-refractivity contribution < 1.29 is 23.8 Å². The Kier molecular flexibility index (Phi) is 7.02. The Morgan fingerprint density at radius 2 is 1.97 bits per heavy atom. The second kappa shape index (κ2) is 9.69. The molecule has 1 saturated heterocycles. The van der Waals surface area contributed by atoms with Gasteiger partial charge in [-0.05, 0) is 54.6 Å². The molecule has 1 aliphatic heterocycles. The average molecular weight is 447 g/mol. The van der Waals surface area contributed by atoms with Gasteiger partial charge in [-0.15, -0.1) is 0 Å². The quantitative estimate of drug-likeness (QED) is 0.531. The van der Waals surface area contributed by atoms with E-state index in [1.807, 2.05) is 31.2 Å². The van der Waals surface area contributed by atoms with Gasteiger partial charge in [-0.2, -0.15) is 0 Å². The van der Waals surface area contributed by atoms with Crippen molar-refractivity contribution in [2.75, 3.05) is 20.8 Å². The average Bonchev–Trinajstić information content (AvgIpc) is 3.06. The number of methoxy groups -OCH3 is 2. The first-order valence-electron chi connectivity index (χ1n) is 8.83. The number of rotatable bonds is 6. The number of hydrogen-bond donors (Lipinski definition) is 1. The molecule has 156 valence electrons. The molecule has 1 fully saturated rings. The van der Waals surface area contributed by atoms with Gasteiger partial charge < -0.3 is 19.5 Å². The third-order valence-electron chi connectivity index (χ3n) is 4.03. The largest absolute Gasteiger partial charge is 0.493 e. The topological polar surface area (TPSA) is 86.2 Å². The number of nitrogens with one attached hydrogen (secondary N) is 1. The molecule has 0 bridgehead atoms. The molecule has 9 heteroatoms. The molecule has 3 rings (SSSR count). The minimum atomic E-state index is -0.543. The number of benzene rings is 2. The Morgan fingerprint density at radius 1 is 1.23 bits per heavy atom. The van der Waals surface area contributed by atoms with E-state index in [0.717, 1.165) is 11.3 Å². The van der Waals surface area contributed by atoms with Crippen molar-refractivity contribution in [1.29, 1.82) is 0 Å². The molecule has 1 amide bonds. The number of thioether (sulfide) groups is 1. The summed E-state index contributed by atoms with van der Waals surface area (Å²) in [6, 6.07) is 11.0. The molecular weight excluding hydrogens is 428 g/mol. The molecule has 0 spiro atoms. The van der Waals surface area contributed by atoms with E-state index >= 15 is 0 Å². The molecule has 0 atom stereocenters. The van der Waals surface area contributed by atoms with Gasteiger partial charge in [0.25, 0.3) is 5.91 Å². The maximum absolute atomic E-state index is 12.3. The van der Waals surface area contributed by atoms with Crippen LogP contribution < -0.4 is 14.8 Å². The van der Waals surface area contributed by atoms with E-state index < -0.39 is 5.97 Å². The lowest BCUT2D eigenvalue weighted by molar-refractivity contribution is -0.142.